The quantitative estimate of drug-likeness (QED) is 0.797. The molecule has 16 heavy (non-hydrogen) atoms. The molecule has 2 heterocycles. The average molecular weight is 236 g/mol. The van der Waals surface area contributed by atoms with Crippen LogP contribution in [0.2, 0.25) is 0 Å². The summed E-state index contributed by atoms with van der Waals surface area (Å²) in [6, 6.07) is 3.96. The summed E-state index contributed by atoms with van der Waals surface area (Å²) in [6.45, 7) is 0. The summed E-state index contributed by atoms with van der Waals surface area (Å²) in [5.74, 6) is 1.68. The molecular weight excluding hydrogens is 224 g/mol. The Bertz CT molecular complexity index is 469. The summed E-state index contributed by atoms with van der Waals surface area (Å²) >= 11 is 1.58. The minimum atomic E-state index is 0.790. The summed E-state index contributed by atoms with van der Waals surface area (Å²) in [4.78, 5) is 4.24. The highest BCUT2D eigenvalue weighted by atomic mass is 32.2. The van der Waals surface area contributed by atoms with Crippen LogP contribution in [0, 0.1) is 0 Å². The molecule has 2 rings (SSSR count). The van der Waals surface area contributed by atoms with Crippen molar-refractivity contribution in [2.75, 3.05) is 12.4 Å². The van der Waals surface area contributed by atoms with E-state index in [1.54, 1.807) is 22.6 Å². The second-order valence-corrected chi connectivity index (χ2v) is 4.08. The van der Waals surface area contributed by atoms with Crippen molar-refractivity contribution in [3.05, 3.63) is 23.9 Å². The lowest BCUT2D eigenvalue weighted by Crippen LogP contribution is -1.98. The molecule has 2 aromatic heterocycles. The Hall–Kier alpha value is -1.63. The van der Waals surface area contributed by atoms with E-state index in [4.69, 9.17) is 0 Å². The molecule has 0 spiro atoms. The highest BCUT2D eigenvalue weighted by Gasteiger charge is 2.06. The molecule has 0 saturated carbocycles. The number of tetrazole rings is 1. The molecule has 84 valence electrons. The third-order valence-electron chi connectivity index (χ3n) is 2.07. The highest BCUT2D eigenvalue weighted by Crippen LogP contribution is 2.22. The lowest BCUT2D eigenvalue weighted by molar-refractivity contribution is 0.664. The van der Waals surface area contributed by atoms with Crippen LogP contribution in [0.4, 0.5) is 5.82 Å². The van der Waals surface area contributed by atoms with Gasteiger partial charge in [0.25, 0.3) is 0 Å². The van der Waals surface area contributed by atoms with Crippen molar-refractivity contribution in [2.24, 2.45) is 7.05 Å². The minimum Gasteiger partial charge on any atom is -0.373 e. The fraction of sp³-hybridized carbons (Fsp3) is 0.333. The molecule has 7 heteroatoms. The normalized spacial score (nSPS) is 10.4. The molecule has 0 unspecified atom stereocenters. The van der Waals surface area contributed by atoms with Crippen molar-refractivity contribution in [1.29, 1.82) is 0 Å². The van der Waals surface area contributed by atoms with Gasteiger partial charge in [0.2, 0.25) is 5.16 Å². The summed E-state index contributed by atoms with van der Waals surface area (Å²) in [5.41, 5.74) is 1.14. The molecule has 0 aliphatic carbocycles. The van der Waals surface area contributed by atoms with Crippen LogP contribution in [-0.2, 0) is 12.8 Å². The van der Waals surface area contributed by atoms with Gasteiger partial charge in [-0.2, -0.15) is 0 Å². The van der Waals surface area contributed by atoms with Crippen molar-refractivity contribution < 1.29 is 0 Å². The van der Waals surface area contributed by atoms with E-state index in [2.05, 4.69) is 25.8 Å². The van der Waals surface area contributed by atoms with Crippen LogP contribution in [-0.4, -0.2) is 32.2 Å². The number of rotatable bonds is 4. The first-order chi connectivity index (χ1) is 7.81. The standard InChI is InChI=1S/C9H12N6S/c1-10-8-7(4-3-5-11-8)6-16-9-12-13-14-15(9)2/h3-5H,6H2,1-2H3,(H,10,11). The topological polar surface area (TPSA) is 68.5 Å². The van der Waals surface area contributed by atoms with E-state index in [0.29, 0.717) is 0 Å². The van der Waals surface area contributed by atoms with Gasteiger partial charge in [-0.1, -0.05) is 17.8 Å². The van der Waals surface area contributed by atoms with E-state index >= 15 is 0 Å². The zero-order valence-electron chi connectivity index (χ0n) is 9.08. The van der Waals surface area contributed by atoms with Crippen molar-refractivity contribution in [3.8, 4) is 0 Å². The first-order valence-corrected chi connectivity index (χ1v) is 5.76. The van der Waals surface area contributed by atoms with Crippen LogP contribution >= 0.6 is 11.8 Å². The number of thioether (sulfide) groups is 1. The molecule has 0 aliphatic rings. The van der Waals surface area contributed by atoms with Gasteiger partial charge in [-0.05, 0) is 16.5 Å². The summed E-state index contributed by atoms with van der Waals surface area (Å²) in [6.07, 6.45) is 1.77. The van der Waals surface area contributed by atoms with Gasteiger partial charge in [-0.3, -0.25) is 0 Å². The van der Waals surface area contributed by atoms with Gasteiger partial charge in [-0.15, -0.1) is 5.10 Å². The lowest BCUT2D eigenvalue weighted by Gasteiger charge is -2.06. The van der Waals surface area contributed by atoms with Gasteiger partial charge in [0.05, 0.1) is 0 Å². The second-order valence-electron chi connectivity index (χ2n) is 3.13. The highest BCUT2D eigenvalue weighted by molar-refractivity contribution is 7.98. The van der Waals surface area contributed by atoms with Crippen LogP contribution in [0.1, 0.15) is 5.56 Å². The van der Waals surface area contributed by atoms with Gasteiger partial charge in [0.15, 0.2) is 0 Å². The van der Waals surface area contributed by atoms with Crippen LogP contribution in [0.5, 0.6) is 0 Å². The third kappa shape index (κ3) is 2.30. The second kappa shape index (κ2) is 4.93. The predicted molar refractivity (Wildman–Crippen MR) is 62.1 cm³/mol. The molecule has 0 bridgehead atoms. The first-order valence-electron chi connectivity index (χ1n) is 4.78. The Labute approximate surface area is 97.5 Å². The SMILES string of the molecule is CNc1ncccc1CSc1nnnn1C. The molecule has 1 N–H and O–H groups in total. The Morgan fingerprint density at radius 2 is 2.38 bits per heavy atom. The third-order valence-corrected chi connectivity index (χ3v) is 3.13. The van der Waals surface area contributed by atoms with E-state index in [1.165, 1.54) is 0 Å². The largest absolute Gasteiger partial charge is 0.373 e. The fourth-order valence-electron chi connectivity index (χ4n) is 1.27. The Kier molecular flexibility index (Phi) is 3.35. The predicted octanol–water partition coefficient (Wildman–Crippen LogP) is 0.939. The molecule has 0 fully saturated rings. The molecule has 0 atom stereocenters. The van der Waals surface area contributed by atoms with Crippen LogP contribution in [0.25, 0.3) is 0 Å². The molecule has 6 nitrogen and oxygen atoms in total. The van der Waals surface area contributed by atoms with Crippen molar-refractivity contribution >= 4 is 17.6 Å². The van der Waals surface area contributed by atoms with Gasteiger partial charge in [0.1, 0.15) is 5.82 Å². The molecule has 0 radical (unpaired) electrons. The van der Waals surface area contributed by atoms with Crippen molar-refractivity contribution in [2.45, 2.75) is 10.9 Å². The van der Waals surface area contributed by atoms with Crippen molar-refractivity contribution in [1.82, 2.24) is 25.2 Å². The lowest BCUT2D eigenvalue weighted by atomic mass is 10.3. The maximum absolute atomic E-state index is 4.24. The Morgan fingerprint density at radius 1 is 1.50 bits per heavy atom. The first kappa shape index (κ1) is 10.9. The van der Waals surface area contributed by atoms with E-state index in [9.17, 15) is 0 Å². The molecule has 2 aromatic rings. The molecule has 0 aromatic carbocycles. The average Bonchev–Trinajstić information content (AvgIpc) is 2.72. The molecule has 0 aliphatic heterocycles. The maximum Gasteiger partial charge on any atom is 0.209 e. The number of anilines is 1. The monoisotopic (exact) mass is 236 g/mol. The van der Waals surface area contributed by atoms with E-state index < -0.39 is 0 Å². The number of aromatic nitrogens is 5. The summed E-state index contributed by atoms with van der Waals surface area (Å²) in [5, 5.41) is 15.1. The molecular formula is C9H12N6S. The molecule has 0 saturated heterocycles. The number of pyridine rings is 1. The smallest absolute Gasteiger partial charge is 0.209 e. The van der Waals surface area contributed by atoms with E-state index in [1.807, 2.05) is 26.2 Å². The van der Waals surface area contributed by atoms with Crippen LogP contribution < -0.4 is 5.32 Å². The molecule has 0 amide bonds. The summed E-state index contributed by atoms with van der Waals surface area (Å²) < 4.78 is 1.65. The summed E-state index contributed by atoms with van der Waals surface area (Å²) in [7, 11) is 3.69. The van der Waals surface area contributed by atoms with Gasteiger partial charge < -0.3 is 5.32 Å². The fourth-order valence-corrected chi connectivity index (χ4v) is 2.10. The van der Waals surface area contributed by atoms with E-state index in [-0.39, 0.29) is 0 Å². The van der Waals surface area contributed by atoms with Gasteiger partial charge >= 0.3 is 0 Å². The van der Waals surface area contributed by atoms with Crippen LogP contribution in [0.3, 0.4) is 0 Å². The van der Waals surface area contributed by atoms with Gasteiger partial charge in [0, 0.05) is 31.6 Å². The Balaban J connectivity index is 2.07. The number of hydrogen-bond acceptors (Lipinski definition) is 6. The number of nitrogens with zero attached hydrogens (tertiary/aromatic N) is 5. The number of nitrogens with one attached hydrogen (secondary N) is 1. The van der Waals surface area contributed by atoms with Gasteiger partial charge in [-0.25, -0.2) is 9.67 Å². The number of hydrogen-bond donors (Lipinski definition) is 1. The maximum atomic E-state index is 4.24. The Morgan fingerprint density at radius 3 is 3.06 bits per heavy atom. The minimum absolute atomic E-state index is 0.790. The van der Waals surface area contributed by atoms with E-state index in [0.717, 1.165) is 22.3 Å². The number of aryl methyl sites for hydroxylation is 1. The zero-order chi connectivity index (χ0) is 11.4. The van der Waals surface area contributed by atoms with Crippen molar-refractivity contribution in [3.63, 3.8) is 0 Å². The zero-order valence-corrected chi connectivity index (χ0v) is 9.90. The van der Waals surface area contributed by atoms with Crippen LogP contribution in [0.15, 0.2) is 23.5 Å².